The van der Waals surface area contributed by atoms with Gasteiger partial charge >= 0.3 is 5.97 Å². The number of para-hydroxylation sites is 1. The summed E-state index contributed by atoms with van der Waals surface area (Å²) in [4.78, 5) is 31.5. The minimum atomic E-state index is -1.21. The number of carbonyl (C=O) groups is 1. The molecule has 0 N–H and O–H groups in total. The van der Waals surface area contributed by atoms with Gasteiger partial charge in [-0.1, -0.05) is 60.2 Å². The minimum absolute atomic E-state index is 0.229. The van der Waals surface area contributed by atoms with E-state index in [1.165, 1.54) is 4.57 Å². The lowest BCUT2D eigenvalue weighted by Crippen LogP contribution is -2.42. The van der Waals surface area contributed by atoms with Crippen molar-refractivity contribution < 1.29 is 9.53 Å². The van der Waals surface area contributed by atoms with Gasteiger partial charge in [-0.15, -0.1) is 0 Å². The van der Waals surface area contributed by atoms with Crippen LogP contribution in [0.15, 0.2) is 77.6 Å². The Labute approximate surface area is 172 Å². The first-order chi connectivity index (χ1) is 14.1. The van der Waals surface area contributed by atoms with Crippen molar-refractivity contribution in [3.05, 3.63) is 94.0 Å². The molecule has 3 aromatic rings. The number of ether oxygens (including phenoxy) is 1. The molecule has 1 atom stereocenters. The molecular weight excluding hydrogens is 388 g/mol. The molecule has 1 heterocycles. The van der Waals surface area contributed by atoms with Crippen molar-refractivity contribution in [3.8, 4) is 5.69 Å². The summed E-state index contributed by atoms with van der Waals surface area (Å²) in [6, 6.07) is 14.2. The third-order valence-corrected chi connectivity index (χ3v) is 5.28. The van der Waals surface area contributed by atoms with Crippen LogP contribution >= 0.6 is 11.6 Å². The molecule has 0 radical (unpaired) electrons. The highest BCUT2D eigenvalue weighted by Gasteiger charge is 2.44. The van der Waals surface area contributed by atoms with Gasteiger partial charge in [0, 0.05) is 0 Å². The van der Waals surface area contributed by atoms with E-state index < -0.39 is 11.4 Å². The number of halogens is 1. The number of carbonyl (C=O) groups excluding carboxylic acids is 1. The molecular formula is C23H19ClN2O3. The lowest BCUT2D eigenvalue weighted by Gasteiger charge is -2.30. The molecule has 1 aliphatic rings. The van der Waals surface area contributed by atoms with E-state index in [0.717, 1.165) is 0 Å². The van der Waals surface area contributed by atoms with Crippen molar-refractivity contribution in [1.82, 2.24) is 9.55 Å². The highest BCUT2D eigenvalue weighted by Crippen LogP contribution is 2.35. The third kappa shape index (κ3) is 3.17. The Balaban J connectivity index is 2.13. The van der Waals surface area contributed by atoms with Crippen molar-refractivity contribution >= 4 is 28.5 Å². The van der Waals surface area contributed by atoms with Crippen LogP contribution in [-0.2, 0) is 14.9 Å². The van der Waals surface area contributed by atoms with Gasteiger partial charge in [0.15, 0.2) is 0 Å². The Morgan fingerprint density at radius 2 is 1.97 bits per heavy atom. The molecule has 1 aromatic heterocycles. The van der Waals surface area contributed by atoms with Gasteiger partial charge in [0.25, 0.3) is 5.56 Å². The molecule has 6 heteroatoms. The SMILES string of the molecule is CCOC(=O)[C@@]1(c2nc3cccc(Cl)c3c(=O)n2-c2ccccc2)C=CC=CC1. The monoisotopic (exact) mass is 406 g/mol. The molecule has 0 fully saturated rings. The fourth-order valence-corrected chi connectivity index (χ4v) is 3.84. The molecule has 5 nitrogen and oxygen atoms in total. The van der Waals surface area contributed by atoms with E-state index in [-0.39, 0.29) is 12.2 Å². The van der Waals surface area contributed by atoms with Gasteiger partial charge in [0.1, 0.15) is 11.2 Å². The highest BCUT2D eigenvalue weighted by atomic mass is 35.5. The zero-order chi connectivity index (χ0) is 20.4. The lowest BCUT2D eigenvalue weighted by molar-refractivity contribution is -0.148. The Bertz CT molecular complexity index is 1200. The molecule has 0 unspecified atom stereocenters. The zero-order valence-corrected chi connectivity index (χ0v) is 16.6. The molecule has 0 aliphatic heterocycles. The molecule has 146 valence electrons. The maximum absolute atomic E-state index is 13.6. The van der Waals surface area contributed by atoms with E-state index in [4.69, 9.17) is 21.3 Å². The fraction of sp³-hybridized carbons (Fsp3) is 0.174. The number of hydrogen-bond acceptors (Lipinski definition) is 4. The Hall–Kier alpha value is -3.18. The second-order valence-electron chi connectivity index (χ2n) is 6.73. The first kappa shape index (κ1) is 19.2. The molecule has 4 rings (SSSR count). The van der Waals surface area contributed by atoms with Crippen LogP contribution in [0, 0.1) is 0 Å². The summed E-state index contributed by atoms with van der Waals surface area (Å²) in [5.41, 5.74) is -0.491. The van der Waals surface area contributed by atoms with Gasteiger partial charge < -0.3 is 4.74 Å². The van der Waals surface area contributed by atoms with Crippen LogP contribution in [0.1, 0.15) is 19.2 Å². The van der Waals surface area contributed by atoms with Crippen LogP contribution in [0.25, 0.3) is 16.6 Å². The van der Waals surface area contributed by atoms with E-state index in [1.54, 1.807) is 49.4 Å². The minimum Gasteiger partial charge on any atom is -0.465 e. The van der Waals surface area contributed by atoms with E-state index in [1.807, 2.05) is 30.4 Å². The van der Waals surface area contributed by atoms with Crippen LogP contribution in [0.4, 0.5) is 0 Å². The molecule has 0 saturated carbocycles. The molecule has 0 bridgehead atoms. The Kier molecular flexibility index (Phi) is 5.07. The van der Waals surface area contributed by atoms with E-state index in [0.29, 0.717) is 33.9 Å². The Morgan fingerprint density at radius 3 is 2.66 bits per heavy atom. The normalized spacial score (nSPS) is 18.1. The van der Waals surface area contributed by atoms with E-state index >= 15 is 0 Å². The van der Waals surface area contributed by atoms with Gasteiger partial charge in [-0.3, -0.25) is 14.2 Å². The van der Waals surface area contributed by atoms with Crippen LogP contribution in [-0.4, -0.2) is 22.1 Å². The number of nitrogens with zero attached hydrogens (tertiary/aromatic N) is 2. The maximum atomic E-state index is 13.6. The predicted molar refractivity (Wildman–Crippen MR) is 114 cm³/mol. The highest BCUT2D eigenvalue weighted by molar-refractivity contribution is 6.35. The van der Waals surface area contributed by atoms with Crippen molar-refractivity contribution in [1.29, 1.82) is 0 Å². The number of rotatable bonds is 4. The number of esters is 1. The molecule has 1 aliphatic carbocycles. The third-order valence-electron chi connectivity index (χ3n) is 4.97. The van der Waals surface area contributed by atoms with E-state index in [9.17, 15) is 9.59 Å². The molecule has 0 amide bonds. The second kappa shape index (κ2) is 7.68. The molecule has 0 spiro atoms. The largest absolute Gasteiger partial charge is 0.465 e. The van der Waals surface area contributed by atoms with Crippen LogP contribution in [0.5, 0.6) is 0 Å². The average Bonchev–Trinajstić information content (AvgIpc) is 2.75. The Morgan fingerprint density at radius 1 is 1.17 bits per heavy atom. The predicted octanol–water partition coefficient (Wildman–Crippen LogP) is 4.36. The van der Waals surface area contributed by atoms with Crippen LogP contribution < -0.4 is 5.56 Å². The van der Waals surface area contributed by atoms with Crippen molar-refractivity contribution in [2.24, 2.45) is 0 Å². The van der Waals surface area contributed by atoms with Crippen LogP contribution in [0.2, 0.25) is 5.02 Å². The maximum Gasteiger partial charge on any atom is 0.324 e. The number of allylic oxidation sites excluding steroid dienone is 3. The summed E-state index contributed by atoms with van der Waals surface area (Å²) >= 11 is 6.34. The standard InChI is InChI=1S/C23H19ClN2O3/c1-2-29-22(28)23(14-7-4-8-15-23)21-25-18-13-9-12-17(24)19(18)20(27)26(21)16-10-5-3-6-11-16/h3-14H,2,15H2,1H3/t23-/m0/s1. The molecule has 2 aromatic carbocycles. The summed E-state index contributed by atoms with van der Waals surface area (Å²) in [6.07, 6.45) is 7.61. The first-order valence-corrected chi connectivity index (χ1v) is 9.75. The van der Waals surface area contributed by atoms with Gasteiger partial charge in [-0.2, -0.15) is 0 Å². The summed E-state index contributed by atoms with van der Waals surface area (Å²) in [5.74, 6) is -0.138. The number of aromatic nitrogens is 2. The average molecular weight is 407 g/mol. The van der Waals surface area contributed by atoms with Crippen molar-refractivity contribution in [2.45, 2.75) is 18.8 Å². The van der Waals surface area contributed by atoms with Crippen molar-refractivity contribution in [3.63, 3.8) is 0 Å². The molecule has 29 heavy (non-hydrogen) atoms. The van der Waals surface area contributed by atoms with Gasteiger partial charge in [0.05, 0.1) is 28.2 Å². The van der Waals surface area contributed by atoms with Gasteiger partial charge in [-0.05, 0) is 37.6 Å². The topological polar surface area (TPSA) is 61.2 Å². The second-order valence-corrected chi connectivity index (χ2v) is 7.14. The van der Waals surface area contributed by atoms with Gasteiger partial charge in [-0.25, -0.2) is 4.98 Å². The first-order valence-electron chi connectivity index (χ1n) is 9.37. The van der Waals surface area contributed by atoms with Crippen LogP contribution in [0.3, 0.4) is 0 Å². The van der Waals surface area contributed by atoms with Crippen molar-refractivity contribution in [2.75, 3.05) is 6.61 Å². The smallest absolute Gasteiger partial charge is 0.324 e. The lowest BCUT2D eigenvalue weighted by atomic mass is 9.80. The van der Waals surface area contributed by atoms with Gasteiger partial charge in [0.2, 0.25) is 0 Å². The fourth-order valence-electron chi connectivity index (χ4n) is 3.59. The number of benzene rings is 2. The number of hydrogen-bond donors (Lipinski definition) is 0. The summed E-state index contributed by atoms with van der Waals surface area (Å²) in [7, 11) is 0. The summed E-state index contributed by atoms with van der Waals surface area (Å²) < 4.78 is 6.87. The number of fused-ring (bicyclic) bond motifs is 1. The zero-order valence-electron chi connectivity index (χ0n) is 15.8. The quantitative estimate of drug-likeness (QED) is 0.604. The van der Waals surface area contributed by atoms with E-state index in [2.05, 4.69) is 0 Å². The summed E-state index contributed by atoms with van der Waals surface area (Å²) in [6.45, 7) is 1.99. The summed E-state index contributed by atoms with van der Waals surface area (Å²) in [5, 5.41) is 0.636. The molecule has 0 saturated heterocycles.